The molecule has 0 bridgehead atoms. The topological polar surface area (TPSA) is 52.6 Å². The molecule has 0 aromatic heterocycles. The Balaban J connectivity index is 1.66. The third-order valence-electron chi connectivity index (χ3n) is 3.77. The lowest BCUT2D eigenvalue weighted by Crippen LogP contribution is -2.42. The zero-order chi connectivity index (χ0) is 15.1. The number of hydrogen-bond acceptors (Lipinski definition) is 4. The summed E-state index contributed by atoms with van der Waals surface area (Å²) in [5.74, 6) is 2.29. The van der Waals surface area contributed by atoms with Gasteiger partial charge in [0.25, 0.3) is 0 Å². The van der Waals surface area contributed by atoms with Crippen LogP contribution >= 0.6 is 11.8 Å². The molecule has 2 atom stereocenters. The van der Waals surface area contributed by atoms with E-state index in [-0.39, 0.29) is 5.91 Å². The minimum Gasteiger partial charge on any atom is -0.391 e. The van der Waals surface area contributed by atoms with Crippen LogP contribution in [0.4, 0.5) is 0 Å². The first-order chi connectivity index (χ1) is 10.1. The Hall–Kier alpha value is -1.04. The number of thioether (sulfide) groups is 1. The second-order valence-electron chi connectivity index (χ2n) is 5.58. The summed E-state index contributed by atoms with van der Waals surface area (Å²) >= 11 is 1.94. The van der Waals surface area contributed by atoms with Crippen LogP contribution in [0.15, 0.2) is 30.3 Å². The number of rotatable bonds is 7. The molecular formula is C16H24N2O2S. The molecule has 1 heterocycles. The molecule has 2 rings (SSSR count). The fourth-order valence-electron chi connectivity index (χ4n) is 2.47. The second-order valence-corrected chi connectivity index (χ2v) is 6.73. The lowest BCUT2D eigenvalue weighted by molar-refractivity contribution is -0.122. The summed E-state index contributed by atoms with van der Waals surface area (Å²) in [6.45, 7) is 0.713. The maximum atomic E-state index is 11.9. The van der Waals surface area contributed by atoms with Gasteiger partial charge in [0.15, 0.2) is 0 Å². The van der Waals surface area contributed by atoms with Gasteiger partial charge in [0, 0.05) is 24.8 Å². The quantitative estimate of drug-likeness (QED) is 0.793. The van der Waals surface area contributed by atoms with Crippen LogP contribution in [-0.4, -0.2) is 59.7 Å². The van der Waals surface area contributed by atoms with Crippen LogP contribution in [0, 0.1) is 0 Å². The van der Waals surface area contributed by atoms with Crippen molar-refractivity contribution in [1.29, 1.82) is 0 Å². The Morgan fingerprint density at radius 3 is 2.90 bits per heavy atom. The molecule has 4 nitrogen and oxygen atoms in total. The van der Waals surface area contributed by atoms with Crippen LogP contribution < -0.4 is 5.32 Å². The number of nitrogens with one attached hydrogen (secondary N) is 1. The van der Waals surface area contributed by atoms with E-state index in [2.05, 4.69) is 10.2 Å². The van der Waals surface area contributed by atoms with Gasteiger partial charge in [0.2, 0.25) is 5.91 Å². The zero-order valence-electron chi connectivity index (χ0n) is 12.5. The van der Waals surface area contributed by atoms with Crippen molar-refractivity contribution in [3.8, 4) is 0 Å². The highest BCUT2D eigenvalue weighted by atomic mass is 32.2. The second kappa shape index (κ2) is 8.41. The summed E-state index contributed by atoms with van der Waals surface area (Å²) < 4.78 is 0. The van der Waals surface area contributed by atoms with Crippen LogP contribution in [0.25, 0.3) is 0 Å². The third kappa shape index (κ3) is 5.69. The van der Waals surface area contributed by atoms with Crippen molar-refractivity contribution in [3.63, 3.8) is 0 Å². The predicted molar refractivity (Wildman–Crippen MR) is 87.5 cm³/mol. The SMILES string of the molecule is CN(CC(=O)NCC(O)Cc1ccccc1)C1CCSC1. The van der Waals surface area contributed by atoms with Gasteiger partial charge in [-0.15, -0.1) is 0 Å². The van der Waals surface area contributed by atoms with Crippen molar-refractivity contribution >= 4 is 17.7 Å². The van der Waals surface area contributed by atoms with Gasteiger partial charge in [-0.1, -0.05) is 30.3 Å². The molecule has 21 heavy (non-hydrogen) atoms. The minimum absolute atomic E-state index is 0.0125. The van der Waals surface area contributed by atoms with E-state index in [1.807, 2.05) is 49.1 Å². The van der Waals surface area contributed by atoms with Gasteiger partial charge in [-0.2, -0.15) is 11.8 Å². The van der Waals surface area contributed by atoms with E-state index < -0.39 is 6.10 Å². The average molecular weight is 308 g/mol. The minimum atomic E-state index is -0.538. The van der Waals surface area contributed by atoms with E-state index in [0.717, 1.165) is 17.7 Å². The number of hydrogen-bond donors (Lipinski definition) is 2. The number of carbonyl (C=O) groups is 1. The van der Waals surface area contributed by atoms with Gasteiger partial charge >= 0.3 is 0 Å². The number of nitrogens with zero attached hydrogens (tertiary/aromatic N) is 1. The number of amides is 1. The number of carbonyl (C=O) groups excluding carboxylic acids is 1. The monoisotopic (exact) mass is 308 g/mol. The molecule has 5 heteroatoms. The molecule has 0 spiro atoms. The van der Waals surface area contributed by atoms with Gasteiger partial charge in [-0.3, -0.25) is 9.69 Å². The van der Waals surface area contributed by atoms with Gasteiger partial charge in [0.05, 0.1) is 12.6 Å². The van der Waals surface area contributed by atoms with E-state index in [4.69, 9.17) is 0 Å². The molecule has 1 saturated heterocycles. The van der Waals surface area contributed by atoms with Gasteiger partial charge in [-0.05, 0) is 24.8 Å². The van der Waals surface area contributed by atoms with Crippen molar-refractivity contribution < 1.29 is 9.90 Å². The number of aliphatic hydroxyl groups is 1. The molecule has 1 fully saturated rings. The van der Waals surface area contributed by atoms with Crippen LogP contribution in [-0.2, 0) is 11.2 Å². The zero-order valence-corrected chi connectivity index (χ0v) is 13.3. The summed E-state index contributed by atoms with van der Waals surface area (Å²) in [5, 5.41) is 12.8. The highest BCUT2D eigenvalue weighted by Gasteiger charge is 2.21. The van der Waals surface area contributed by atoms with Crippen LogP contribution in [0.1, 0.15) is 12.0 Å². The van der Waals surface area contributed by atoms with Gasteiger partial charge in [-0.25, -0.2) is 0 Å². The molecular weight excluding hydrogens is 284 g/mol. The molecule has 2 N–H and O–H groups in total. The Morgan fingerprint density at radius 2 is 2.24 bits per heavy atom. The van der Waals surface area contributed by atoms with Crippen molar-refractivity contribution in [2.24, 2.45) is 0 Å². The summed E-state index contributed by atoms with van der Waals surface area (Å²) in [4.78, 5) is 14.0. The summed E-state index contributed by atoms with van der Waals surface area (Å²) in [6, 6.07) is 10.3. The third-order valence-corrected chi connectivity index (χ3v) is 4.92. The Labute approximate surface area is 130 Å². The maximum Gasteiger partial charge on any atom is 0.234 e. The predicted octanol–water partition coefficient (Wildman–Crippen LogP) is 1.14. The van der Waals surface area contributed by atoms with E-state index in [1.54, 1.807) is 0 Å². The largest absolute Gasteiger partial charge is 0.391 e. The van der Waals surface area contributed by atoms with Crippen LogP contribution in [0.5, 0.6) is 0 Å². The van der Waals surface area contributed by atoms with Gasteiger partial charge < -0.3 is 10.4 Å². The van der Waals surface area contributed by atoms with Gasteiger partial charge in [0.1, 0.15) is 0 Å². The molecule has 1 amide bonds. The molecule has 116 valence electrons. The van der Waals surface area contributed by atoms with Crippen molar-refractivity contribution in [3.05, 3.63) is 35.9 Å². The standard InChI is InChI=1S/C16H24N2O2S/c1-18(14-7-8-21-12-14)11-16(20)17-10-15(19)9-13-5-3-2-4-6-13/h2-6,14-15,19H,7-12H2,1H3,(H,17,20). The summed E-state index contributed by atoms with van der Waals surface area (Å²) in [6.07, 6.45) is 1.19. The van der Waals surface area contributed by atoms with E-state index >= 15 is 0 Å². The Morgan fingerprint density at radius 1 is 1.48 bits per heavy atom. The number of aliphatic hydroxyl groups excluding tert-OH is 1. The molecule has 0 saturated carbocycles. The molecule has 1 aromatic rings. The first-order valence-corrected chi connectivity index (χ1v) is 8.57. The Bertz CT molecular complexity index is 435. The molecule has 1 aromatic carbocycles. The van der Waals surface area contributed by atoms with E-state index in [1.165, 1.54) is 5.75 Å². The molecule has 1 aliphatic heterocycles. The smallest absolute Gasteiger partial charge is 0.234 e. The summed E-state index contributed by atoms with van der Waals surface area (Å²) in [5.41, 5.74) is 1.08. The lowest BCUT2D eigenvalue weighted by atomic mass is 10.1. The first-order valence-electron chi connectivity index (χ1n) is 7.42. The number of benzene rings is 1. The molecule has 2 unspecified atom stereocenters. The van der Waals surface area contributed by atoms with Crippen molar-refractivity contribution in [2.75, 3.05) is 31.6 Å². The van der Waals surface area contributed by atoms with E-state index in [9.17, 15) is 9.90 Å². The van der Waals surface area contributed by atoms with Crippen LogP contribution in [0.2, 0.25) is 0 Å². The Kier molecular flexibility index (Phi) is 6.54. The number of likely N-dealkylation sites (N-methyl/N-ethyl adjacent to an activating group) is 1. The summed E-state index contributed by atoms with van der Waals surface area (Å²) in [7, 11) is 2.00. The highest BCUT2D eigenvalue weighted by molar-refractivity contribution is 7.99. The van der Waals surface area contributed by atoms with Crippen LogP contribution in [0.3, 0.4) is 0 Å². The van der Waals surface area contributed by atoms with Crippen molar-refractivity contribution in [1.82, 2.24) is 10.2 Å². The fraction of sp³-hybridized carbons (Fsp3) is 0.562. The normalized spacial score (nSPS) is 19.7. The molecule has 0 radical (unpaired) electrons. The average Bonchev–Trinajstić information content (AvgIpc) is 3.00. The highest BCUT2D eigenvalue weighted by Crippen LogP contribution is 2.20. The van der Waals surface area contributed by atoms with Crippen molar-refractivity contribution in [2.45, 2.75) is 25.0 Å². The maximum absolute atomic E-state index is 11.9. The molecule has 0 aliphatic carbocycles. The molecule has 1 aliphatic rings. The fourth-order valence-corrected chi connectivity index (χ4v) is 3.77. The first kappa shape index (κ1) is 16.3. The van der Waals surface area contributed by atoms with E-state index in [0.29, 0.717) is 25.6 Å². The lowest BCUT2D eigenvalue weighted by Gasteiger charge is -2.23.